The zero-order valence-corrected chi connectivity index (χ0v) is 11.6. The number of carboxylic acids is 1. The Bertz CT molecular complexity index is 585. The third kappa shape index (κ3) is 3.59. The van der Waals surface area contributed by atoms with E-state index in [9.17, 15) is 19.7 Å². The van der Waals surface area contributed by atoms with Gasteiger partial charge in [0.1, 0.15) is 6.04 Å². The van der Waals surface area contributed by atoms with Crippen molar-refractivity contribution in [2.24, 2.45) is 0 Å². The Hall–Kier alpha value is -2.84. The summed E-state index contributed by atoms with van der Waals surface area (Å²) in [4.78, 5) is 32.9. The molecule has 0 saturated carbocycles. The van der Waals surface area contributed by atoms with Gasteiger partial charge in [-0.15, -0.1) is 0 Å². The van der Waals surface area contributed by atoms with Gasteiger partial charge < -0.3 is 19.9 Å². The van der Waals surface area contributed by atoms with Crippen LogP contribution in [0.3, 0.4) is 0 Å². The molecule has 1 amide bonds. The number of carbonyl (C=O) groups is 2. The van der Waals surface area contributed by atoms with Crippen LogP contribution in [0, 0.1) is 10.1 Å². The van der Waals surface area contributed by atoms with E-state index in [0.717, 1.165) is 6.07 Å². The van der Waals surface area contributed by atoms with Crippen LogP contribution in [0.5, 0.6) is 11.5 Å². The van der Waals surface area contributed by atoms with Gasteiger partial charge >= 0.3 is 11.7 Å². The average molecular weight is 298 g/mol. The molecule has 9 heteroatoms. The topological polar surface area (TPSA) is 128 Å². The molecule has 0 aliphatic carbocycles. The molecule has 0 aliphatic rings. The third-order valence-electron chi connectivity index (χ3n) is 2.64. The Morgan fingerprint density at radius 2 is 1.95 bits per heavy atom. The summed E-state index contributed by atoms with van der Waals surface area (Å²) < 4.78 is 9.83. The average Bonchev–Trinajstić information content (AvgIpc) is 2.45. The number of carboxylic acid groups (broad SMARTS) is 1. The second kappa shape index (κ2) is 6.55. The van der Waals surface area contributed by atoms with Crippen molar-refractivity contribution in [1.29, 1.82) is 0 Å². The lowest BCUT2D eigenvalue weighted by Crippen LogP contribution is -2.38. The van der Waals surface area contributed by atoms with Gasteiger partial charge in [0.05, 0.1) is 24.7 Å². The van der Waals surface area contributed by atoms with E-state index in [1.165, 1.54) is 27.2 Å². The zero-order valence-electron chi connectivity index (χ0n) is 11.6. The van der Waals surface area contributed by atoms with Crippen molar-refractivity contribution >= 4 is 17.6 Å². The number of hydrogen-bond acceptors (Lipinski definition) is 6. The Balaban J connectivity index is 3.25. The fraction of sp³-hybridized carbons (Fsp3) is 0.333. The third-order valence-corrected chi connectivity index (χ3v) is 2.64. The van der Waals surface area contributed by atoms with Crippen LogP contribution in [0.15, 0.2) is 12.1 Å². The molecule has 1 aromatic carbocycles. The van der Waals surface area contributed by atoms with Crippen molar-refractivity contribution in [3.05, 3.63) is 27.8 Å². The van der Waals surface area contributed by atoms with Gasteiger partial charge in [0.2, 0.25) is 5.75 Å². The maximum absolute atomic E-state index is 11.9. The van der Waals surface area contributed by atoms with Crippen LogP contribution in [-0.2, 0) is 4.79 Å². The summed E-state index contributed by atoms with van der Waals surface area (Å²) in [5.41, 5.74) is -0.558. The van der Waals surface area contributed by atoms with Crippen molar-refractivity contribution in [2.75, 3.05) is 14.2 Å². The molecule has 0 aromatic heterocycles. The molecule has 0 spiro atoms. The summed E-state index contributed by atoms with van der Waals surface area (Å²) in [5, 5.41) is 21.9. The Labute approximate surface area is 119 Å². The molecule has 0 saturated heterocycles. The zero-order chi connectivity index (χ0) is 16.2. The molecule has 1 rings (SSSR count). The van der Waals surface area contributed by atoms with Crippen LogP contribution in [0.1, 0.15) is 17.3 Å². The fourth-order valence-corrected chi connectivity index (χ4v) is 1.55. The molecular weight excluding hydrogens is 284 g/mol. The minimum absolute atomic E-state index is 0.000159. The second-order valence-corrected chi connectivity index (χ2v) is 4.02. The maximum atomic E-state index is 11.9. The largest absolute Gasteiger partial charge is 0.493 e. The van der Waals surface area contributed by atoms with Gasteiger partial charge in [-0.3, -0.25) is 19.7 Å². The van der Waals surface area contributed by atoms with E-state index in [4.69, 9.17) is 14.6 Å². The van der Waals surface area contributed by atoms with Crippen molar-refractivity contribution in [2.45, 2.75) is 13.0 Å². The van der Waals surface area contributed by atoms with Gasteiger partial charge in [0.25, 0.3) is 5.91 Å². The van der Waals surface area contributed by atoms with Crippen molar-refractivity contribution < 1.29 is 29.1 Å². The molecule has 0 bridgehead atoms. The molecule has 1 unspecified atom stereocenters. The second-order valence-electron chi connectivity index (χ2n) is 4.02. The minimum Gasteiger partial charge on any atom is -0.493 e. The lowest BCUT2D eigenvalue weighted by atomic mass is 10.1. The predicted molar refractivity (Wildman–Crippen MR) is 70.8 cm³/mol. The number of benzene rings is 1. The molecule has 0 aliphatic heterocycles. The highest BCUT2D eigenvalue weighted by molar-refractivity contribution is 5.98. The van der Waals surface area contributed by atoms with Crippen LogP contribution in [0.4, 0.5) is 5.69 Å². The number of nitrogens with zero attached hydrogens (tertiary/aromatic N) is 1. The highest BCUT2D eigenvalue weighted by Crippen LogP contribution is 2.37. The van der Waals surface area contributed by atoms with Crippen LogP contribution in [0.2, 0.25) is 0 Å². The highest BCUT2D eigenvalue weighted by Gasteiger charge is 2.25. The number of ether oxygens (including phenoxy) is 2. The van der Waals surface area contributed by atoms with E-state index >= 15 is 0 Å². The van der Waals surface area contributed by atoms with Gasteiger partial charge in [-0.1, -0.05) is 0 Å². The number of methoxy groups -OCH3 is 2. The summed E-state index contributed by atoms with van der Waals surface area (Å²) in [6.07, 6.45) is 0. The number of amides is 1. The van der Waals surface area contributed by atoms with Gasteiger partial charge in [-0.2, -0.15) is 0 Å². The number of rotatable bonds is 6. The molecule has 2 N–H and O–H groups in total. The SMILES string of the molecule is COc1cc(C(=O)NC(C)C(=O)O)cc([N+](=O)[O-])c1OC. The first-order valence-corrected chi connectivity index (χ1v) is 5.75. The van der Waals surface area contributed by atoms with E-state index in [1.54, 1.807) is 0 Å². The van der Waals surface area contributed by atoms with Crippen molar-refractivity contribution in [1.82, 2.24) is 5.32 Å². The van der Waals surface area contributed by atoms with Crippen LogP contribution < -0.4 is 14.8 Å². The molecule has 1 atom stereocenters. The van der Waals surface area contributed by atoms with Gasteiger partial charge in [-0.05, 0) is 13.0 Å². The standard InChI is InChI=1S/C12H14N2O7/c1-6(12(16)17)13-11(15)7-4-8(14(18)19)10(21-3)9(5-7)20-2/h4-6H,1-3H3,(H,13,15)(H,16,17). The van der Waals surface area contributed by atoms with Gasteiger partial charge in [-0.25, -0.2) is 0 Å². The first kappa shape index (κ1) is 16.2. The van der Waals surface area contributed by atoms with Gasteiger partial charge in [0, 0.05) is 6.07 Å². The molecule has 21 heavy (non-hydrogen) atoms. The van der Waals surface area contributed by atoms with Crippen molar-refractivity contribution in [3.63, 3.8) is 0 Å². The Morgan fingerprint density at radius 3 is 2.38 bits per heavy atom. The van der Waals surface area contributed by atoms with Crippen LogP contribution in [-0.4, -0.2) is 42.2 Å². The van der Waals surface area contributed by atoms with E-state index in [2.05, 4.69) is 5.32 Å². The maximum Gasteiger partial charge on any atom is 0.325 e. The molecule has 9 nitrogen and oxygen atoms in total. The van der Waals surface area contributed by atoms with E-state index in [0.29, 0.717) is 0 Å². The van der Waals surface area contributed by atoms with Crippen LogP contribution in [0.25, 0.3) is 0 Å². The van der Waals surface area contributed by atoms with E-state index in [1.807, 2.05) is 0 Å². The summed E-state index contributed by atoms with van der Waals surface area (Å²) in [7, 11) is 2.50. The molecule has 0 heterocycles. The summed E-state index contributed by atoms with van der Waals surface area (Å²) >= 11 is 0. The summed E-state index contributed by atoms with van der Waals surface area (Å²) in [5.74, 6) is -2.11. The number of carbonyl (C=O) groups excluding carboxylic acids is 1. The molecule has 0 fully saturated rings. The summed E-state index contributed by atoms with van der Waals surface area (Å²) in [6, 6.07) is 1.09. The summed E-state index contributed by atoms with van der Waals surface area (Å²) in [6.45, 7) is 1.27. The monoisotopic (exact) mass is 298 g/mol. The number of nitrogens with one attached hydrogen (secondary N) is 1. The lowest BCUT2D eigenvalue weighted by molar-refractivity contribution is -0.385. The smallest absolute Gasteiger partial charge is 0.325 e. The van der Waals surface area contributed by atoms with E-state index < -0.39 is 28.5 Å². The van der Waals surface area contributed by atoms with E-state index in [-0.39, 0.29) is 17.1 Å². The lowest BCUT2D eigenvalue weighted by Gasteiger charge is -2.12. The first-order valence-electron chi connectivity index (χ1n) is 5.75. The first-order chi connectivity index (χ1) is 9.81. The van der Waals surface area contributed by atoms with Crippen molar-refractivity contribution in [3.8, 4) is 11.5 Å². The fourth-order valence-electron chi connectivity index (χ4n) is 1.55. The number of nitro groups is 1. The normalized spacial score (nSPS) is 11.4. The molecule has 1 aromatic rings. The Morgan fingerprint density at radius 1 is 1.33 bits per heavy atom. The highest BCUT2D eigenvalue weighted by atomic mass is 16.6. The Kier molecular flexibility index (Phi) is 5.06. The molecule has 0 radical (unpaired) electrons. The number of aliphatic carboxylic acids is 1. The quantitative estimate of drug-likeness (QED) is 0.587. The number of hydrogen-bond donors (Lipinski definition) is 2. The predicted octanol–water partition coefficient (Wildman–Crippen LogP) is 0.815. The number of nitro benzene ring substituents is 1. The minimum atomic E-state index is -1.22. The molecule has 114 valence electrons. The molecular formula is C12H14N2O7. The van der Waals surface area contributed by atoms with Crippen LogP contribution >= 0.6 is 0 Å². The van der Waals surface area contributed by atoms with Gasteiger partial charge in [0.15, 0.2) is 5.75 Å².